The highest BCUT2D eigenvalue weighted by Gasteiger charge is 2.31. The number of benzene rings is 1. The highest BCUT2D eigenvalue weighted by atomic mass is 15.2. The topological polar surface area (TPSA) is 115 Å². The van der Waals surface area contributed by atoms with Crippen molar-refractivity contribution >= 4 is 11.6 Å². The number of aromatic nitrogens is 1. The molecule has 0 bridgehead atoms. The van der Waals surface area contributed by atoms with Crippen LogP contribution in [0.15, 0.2) is 30.3 Å². The summed E-state index contributed by atoms with van der Waals surface area (Å²) in [5.74, 6) is 0.203. The zero-order chi connectivity index (χ0) is 19.2. The molecule has 3 rings (SSSR count). The molecule has 0 unspecified atom stereocenters. The Morgan fingerprint density at radius 2 is 1.67 bits per heavy atom. The average Bonchev–Trinajstić information content (AvgIpc) is 2.72. The Morgan fingerprint density at radius 3 is 2.26 bits per heavy atom. The molecule has 1 fully saturated rings. The lowest BCUT2D eigenvalue weighted by Gasteiger charge is -2.25. The van der Waals surface area contributed by atoms with E-state index < -0.39 is 5.92 Å². The first-order chi connectivity index (χ1) is 13.2. The molecule has 2 heterocycles. The molecule has 1 atom stereocenters. The fraction of sp³-hybridized carbons (Fsp3) is 0.333. The number of aromatic amines is 1. The van der Waals surface area contributed by atoms with Gasteiger partial charge in [-0.2, -0.15) is 15.8 Å². The molecule has 1 aromatic carbocycles. The molecule has 1 aliphatic heterocycles. The molecule has 0 aliphatic carbocycles. The summed E-state index contributed by atoms with van der Waals surface area (Å²) >= 11 is 0. The van der Waals surface area contributed by atoms with Gasteiger partial charge >= 0.3 is 0 Å². The van der Waals surface area contributed by atoms with Crippen LogP contribution in [0.2, 0.25) is 0 Å². The number of nitrogens with zero attached hydrogens (tertiary/aromatic N) is 4. The molecule has 1 aliphatic rings. The van der Waals surface area contributed by atoms with Crippen LogP contribution in [0.4, 0.5) is 11.6 Å². The normalized spacial score (nSPS) is 14.6. The number of pyridine rings is 1. The van der Waals surface area contributed by atoms with Crippen molar-refractivity contribution < 1.29 is 4.98 Å². The summed E-state index contributed by atoms with van der Waals surface area (Å²) in [7, 11) is 0. The third-order valence-electron chi connectivity index (χ3n) is 4.98. The zero-order valence-corrected chi connectivity index (χ0v) is 15.1. The van der Waals surface area contributed by atoms with E-state index in [0.717, 1.165) is 37.9 Å². The van der Waals surface area contributed by atoms with Crippen LogP contribution in [0.3, 0.4) is 0 Å². The predicted molar refractivity (Wildman–Crippen MR) is 101 cm³/mol. The lowest BCUT2D eigenvalue weighted by Crippen LogP contribution is -2.36. The van der Waals surface area contributed by atoms with Gasteiger partial charge in [0.1, 0.15) is 23.3 Å². The maximum Gasteiger partial charge on any atom is 0.240 e. The number of hydrogen-bond donors (Lipinski definition) is 1. The number of nitrogens with two attached hydrogens (primary N) is 1. The summed E-state index contributed by atoms with van der Waals surface area (Å²) < 4.78 is 0. The van der Waals surface area contributed by atoms with Crippen molar-refractivity contribution in [2.24, 2.45) is 0 Å². The molecule has 27 heavy (non-hydrogen) atoms. The lowest BCUT2D eigenvalue weighted by atomic mass is 9.87. The molecular weight excluding hydrogens is 336 g/mol. The molecule has 0 radical (unpaired) electrons. The Bertz CT molecular complexity index is 940. The Morgan fingerprint density at radius 1 is 1.00 bits per heavy atom. The minimum Gasteiger partial charge on any atom is -0.318 e. The van der Waals surface area contributed by atoms with Crippen LogP contribution in [-0.4, -0.2) is 13.1 Å². The Hall–Kier alpha value is -3.56. The van der Waals surface area contributed by atoms with E-state index in [1.54, 1.807) is 0 Å². The maximum absolute atomic E-state index is 9.89. The standard InChI is InChI=1S/C21H20N6/c22-12-16(11-15-7-3-1-4-8-15)19-17(13-23)20(25)26-21(18(19)14-24)27-9-5-2-6-10-27/h1,3-4,7-8,16H,2,5-6,9-11H2,(H2,25,26)/p+1/t16-/m0/s1. The van der Waals surface area contributed by atoms with Crippen LogP contribution in [0.1, 0.15) is 47.4 Å². The molecule has 2 aromatic rings. The summed E-state index contributed by atoms with van der Waals surface area (Å²) in [6.07, 6.45) is 3.66. The van der Waals surface area contributed by atoms with Gasteiger partial charge in [0, 0.05) is 5.56 Å². The molecule has 3 N–H and O–H groups in total. The van der Waals surface area contributed by atoms with Crippen molar-refractivity contribution in [2.45, 2.75) is 31.6 Å². The second-order valence-corrected chi connectivity index (χ2v) is 6.69. The fourth-order valence-corrected chi connectivity index (χ4v) is 3.65. The van der Waals surface area contributed by atoms with Crippen LogP contribution < -0.4 is 15.6 Å². The van der Waals surface area contributed by atoms with Crippen molar-refractivity contribution in [3.8, 4) is 18.2 Å². The van der Waals surface area contributed by atoms with Crippen LogP contribution in [-0.2, 0) is 6.42 Å². The van der Waals surface area contributed by atoms with Crippen LogP contribution in [0.5, 0.6) is 0 Å². The molecule has 1 saturated heterocycles. The second kappa shape index (κ2) is 8.21. The molecule has 6 nitrogen and oxygen atoms in total. The molecule has 134 valence electrons. The predicted octanol–water partition coefficient (Wildman–Crippen LogP) is 2.67. The highest BCUT2D eigenvalue weighted by molar-refractivity contribution is 5.66. The first-order valence-electron chi connectivity index (χ1n) is 9.07. The Balaban J connectivity index is 2.14. The van der Waals surface area contributed by atoms with Crippen molar-refractivity contribution in [1.29, 1.82) is 15.8 Å². The summed E-state index contributed by atoms with van der Waals surface area (Å²) in [5.41, 5.74) is 8.08. The van der Waals surface area contributed by atoms with Gasteiger partial charge < -0.3 is 5.73 Å². The summed E-state index contributed by atoms with van der Waals surface area (Å²) in [6, 6.07) is 16.2. The van der Waals surface area contributed by atoms with E-state index in [9.17, 15) is 15.8 Å². The quantitative estimate of drug-likeness (QED) is 0.903. The molecular formula is C21H21N6+. The van der Waals surface area contributed by atoms with E-state index in [0.29, 0.717) is 23.4 Å². The van der Waals surface area contributed by atoms with Crippen molar-refractivity contribution in [1.82, 2.24) is 0 Å². The number of anilines is 2. The number of hydrogen-bond acceptors (Lipinski definition) is 5. The van der Waals surface area contributed by atoms with E-state index in [2.05, 4.69) is 28.1 Å². The van der Waals surface area contributed by atoms with Gasteiger partial charge in [0.25, 0.3) is 0 Å². The van der Waals surface area contributed by atoms with E-state index in [4.69, 9.17) is 5.73 Å². The number of H-pyrrole nitrogens is 1. The fourth-order valence-electron chi connectivity index (χ4n) is 3.65. The molecule has 0 amide bonds. The first kappa shape index (κ1) is 18.2. The van der Waals surface area contributed by atoms with Crippen molar-refractivity contribution in [2.75, 3.05) is 23.7 Å². The highest BCUT2D eigenvalue weighted by Crippen LogP contribution is 2.33. The van der Waals surface area contributed by atoms with Gasteiger partial charge in [-0.3, -0.25) is 4.90 Å². The van der Waals surface area contributed by atoms with Gasteiger partial charge in [-0.25, -0.2) is 4.98 Å². The molecule has 0 spiro atoms. The van der Waals surface area contributed by atoms with Crippen molar-refractivity contribution in [3.63, 3.8) is 0 Å². The van der Waals surface area contributed by atoms with Gasteiger partial charge in [0.05, 0.1) is 25.1 Å². The van der Waals surface area contributed by atoms with E-state index >= 15 is 0 Å². The third kappa shape index (κ3) is 3.68. The zero-order valence-electron chi connectivity index (χ0n) is 15.1. The van der Waals surface area contributed by atoms with E-state index in [-0.39, 0.29) is 11.4 Å². The number of nitriles is 3. The van der Waals surface area contributed by atoms with Crippen LogP contribution >= 0.6 is 0 Å². The summed E-state index contributed by atoms with van der Waals surface area (Å²) in [6.45, 7) is 1.65. The molecule has 1 aromatic heterocycles. The first-order valence-corrected chi connectivity index (χ1v) is 9.07. The lowest BCUT2D eigenvalue weighted by molar-refractivity contribution is -0.347. The van der Waals surface area contributed by atoms with Gasteiger partial charge in [0.2, 0.25) is 11.6 Å². The third-order valence-corrected chi connectivity index (χ3v) is 4.98. The van der Waals surface area contributed by atoms with Crippen molar-refractivity contribution in [3.05, 3.63) is 52.6 Å². The molecule has 6 heteroatoms. The monoisotopic (exact) mass is 357 g/mol. The van der Waals surface area contributed by atoms with E-state index in [1.807, 2.05) is 30.3 Å². The van der Waals surface area contributed by atoms with Crippen LogP contribution in [0, 0.1) is 34.0 Å². The van der Waals surface area contributed by atoms with Gasteiger partial charge in [0.15, 0.2) is 0 Å². The minimum atomic E-state index is -0.628. The van der Waals surface area contributed by atoms with E-state index in [1.165, 1.54) is 0 Å². The summed E-state index contributed by atoms with van der Waals surface area (Å²) in [5, 5.41) is 29.4. The van der Waals surface area contributed by atoms with Gasteiger partial charge in [-0.05, 0) is 31.2 Å². The second-order valence-electron chi connectivity index (χ2n) is 6.69. The van der Waals surface area contributed by atoms with Crippen LogP contribution in [0.25, 0.3) is 0 Å². The number of nitrogen functional groups attached to an aromatic ring is 1. The molecule has 0 saturated carbocycles. The van der Waals surface area contributed by atoms with Gasteiger partial charge in [-0.15, -0.1) is 0 Å². The smallest absolute Gasteiger partial charge is 0.240 e. The Labute approximate surface area is 159 Å². The largest absolute Gasteiger partial charge is 0.318 e. The maximum atomic E-state index is 9.89. The summed E-state index contributed by atoms with van der Waals surface area (Å²) in [4.78, 5) is 5.15. The number of rotatable bonds is 4. The SMILES string of the molecule is N#Cc1c(N)[nH+]c(N2CCCCC2)c(C#N)c1[C@H](C#N)Cc1ccccc1. The number of nitrogens with one attached hydrogen (secondary N) is 1. The van der Waals surface area contributed by atoms with Gasteiger partial charge in [-0.1, -0.05) is 30.3 Å². The Kier molecular flexibility index (Phi) is 5.55. The number of piperidine rings is 1. The minimum absolute atomic E-state index is 0.190. The average molecular weight is 357 g/mol.